The molecule has 0 radical (unpaired) electrons. The molecule has 0 aliphatic heterocycles. The third kappa shape index (κ3) is 3.65. The molecule has 4 heteroatoms. The quantitative estimate of drug-likeness (QED) is 0.783. The highest BCUT2D eigenvalue weighted by Crippen LogP contribution is 2.28. The maximum atomic E-state index is 12.2. The molecule has 0 bridgehead atoms. The zero-order valence-corrected chi connectivity index (χ0v) is 13.1. The van der Waals surface area contributed by atoms with Crippen LogP contribution in [0.5, 0.6) is 0 Å². The Morgan fingerprint density at radius 2 is 1.74 bits per heavy atom. The molecule has 0 aliphatic rings. The van der Waals surface area contributed by atoms with Gasteiger partial charge in [-0.2, -0.15) is 5.26 Å². The Balaban J connectivity index is 1.68. The molecule has 1 heterocycles. The van der Waals surface area contributed by atoms with Crippen LogP contribution in [0.1, 0.15) is 20.8 Å². The molecular formula is C19H14N2OS. The number of nitriles is 1. The van der Waals surface area contributed by atoms with E-state index < -0.39 is 0 Å². The van der Waals surface area contributed by atoms with Gasteiger partial charge in [0.05, 0.1) is 16.5 Å². The number of hydrogen-bond acceptors (Lipinski definition) is 3. The predicted octanol–water partition coefficient (Wildman–Crippen LogP) is 4.22. The summed E-state index contributed by atoms with van der Waals surface area (Å²) in [6.07, 6.45) is 0. The third-order valence-electron chi connectivity index (χ3n) is 3.42. The highest BCUT2D eigenvalue weighted by molar-refractivity contribution is 7.17. The van der Waals surface area contributed by atoms with E-state index in [-0.39, 0.29) is 5.91 Å². The molecule has 0 atom stereocenters. The van der Waals surface area contributed by atoms with Gasteiger partial charge in [0.25, 0.3) is 5.91 Å². The van der Waals surface area contributed by atoms with Crippen LogP contribution in [-0.2, 0) is 6.54 Å². The van der Waals surface area contributed by atoms with Gasteiger partial charge < -0.3 is 5.32 Å². The first-order valence-electron chi connectivity index (χ1n) is 7.19. The zero-order chi connectivity index (χ0) is 16.1. The molecule has 0 saturated carbocycles. The number of benzene rings is 2. The molecule has 0 spiro atoms. The first-order chi connectivity index (χ1) is 11.3. The van der Waals surface area contributed by atoms with E-state index in [0.717, 1.165) is 16.0 Å². The highest BCUT2D eigenvalue weighted by Gasteiger charge is 2.10. The highest BCUT2D eigenvalue weighted by atomic mass is 32.1. The molecular weight excluding hydrogens is 304 g/mol. The van der Waals surface area contributed by atoms with E-state index in [4.69, 9.17) is 5.26 Å². The van der Waals surface area contributed by atoms with Gasteiger partial charge in [-0.15, -0.1) is 11.3 Å². The molecule has 2 aromatic carbocycles. The summed E-state index contributed by atoms with van der Waals surface area (Å²) >= 11 is 1.45. The fourth-order valence-corrected chi connectivity index (χ4v) is 3.12. The molecule has 23 heavy (non-hydrogen) atoms. The largest absolute Gasteiger partial charge is 0.347 e. The molecule has 1 aromatic heterocycles. The zero-order valence-electron chi connectivity index (χ0n) is 12.3. The summed E-state index contributed by atoms with van der Waals surface area (Å²) in [6.45, 7) is 0.518. The summed E-state index contributed by atoms with van der Waals surface area (Å²) < 4.78 is 0. The minimum absolute atomic E-state index is 0.0706. The van der Waals surface area contributed by atoms with Gasteiger partial charge in [-0.05, 0) is 35.4 Å². The third-order valence-corrected chi connectivity index (χ3v) is 4.56. The Bertz CT molecular complexity index is 845. The van der Waals surface area contributed by atoms with E-state index in [1.54, 1.807) is 12.1 Å². The van der Waals surface area contributed by atoms with Gasteiger partial charge in [0.15, 0.2) is 0 Å². The standard InChI is InChI=1S/C19H14N2OS/c20-12-14-6-8-16(9-7-14)17-10-11-18(23-17)19(22)21-13-15-4-2-1-3-5-15/h1-11H,13H2,(H,21,22). The second kappa shape index (κ2) is 6.91. The average Bonchev–Trinajstić information content (AvgIpc) is 3.11. The van der Waals surface area contributed by atoms with Crippen molar-refractivity contribution in [2.24, 2.45) is 0 Å². The number of hydrogen-bond donors (Lipinski definition) is 1. The van der Waals surface area contributed by atoms with Gasteiger partial charge in [-0.1, -0.05) is 42.5 Å². The molecule has 1 N–H and O–H groups in total. The topological polar surface area (TPSA) is 52.9 Å². The van der Waals surface area contributed by atoms with Crippen LogP contribution in [0.2, 0.25) is 0 Å². The Morgan fingerprint density at radius 3 is 2.43 bits per heavy atom. The Kier molecular flexibility index (Phi) is 4.51. The summed E-state index contributed by atoms with van der Waals surface area (Å²) in [4.78, 5) is 13.9. The van der Waals surface area contributed by atoms with Crippen molar-refractivity contribution in [3.63, 3.8) is 0 Å². The van der Waals surface area contributed by atoms with Crippen molar-refractivity contribution in [1.82, 2.24) is 5.32 Å². The lowest BCUT2D eigenvalue weighted by Gasteiger charge is -2.03. The number of amides is 1. The number of nitrogens with zero attached hydrogens (tertiary/aromatic N) is 1. The van der Waals surface area contributed by atoms with Crippen LogP contribution in [0, 0.1) is 11.3 Å². The van der Waals surface area contributed by atoms with Gasteiger partial charge in [0.1, 0.15) is 0 Å². The van der Waals surface area contributed by atoms with Crippen LogP contribution in [0.25, 0.3) is 10.4 Å². The molecule has 0 fully saturated rings. The van der Waals surface area contributed by atoms with Gasteiger partial charge in [0, 0.05) is 11.4 Å². The van der Waals surface area contributed by atoms with Crippen LogP contribution >= 0.6 is 11.3 Å². The predicted molar refractivity (Wildman–Crippen MR) is 92.1 cm³/mol. The van der Waals surface area contributed by atoms with Crippen molar-refractivity contribution in [2.75, 3.05) is 0 Å². The monoisotopic (exact) mass is 318 g/mol. The number of carbonyl (C=O) groups is 1. The van der Waals surface area contributed by atoms with E-state index in [1.165, 1.54) is 11.3 Å². The van der Waals surface area contributed by atoms with Gasteiger partial charge in [-0.25, -0.2) is 0 Å². The molecule has 1 amide bonds. The van der Waals surface area contributed by atoms with Crippen molar-refractivity contribution in [3.05, 3.63) is 82.7 Å². The lowest BCUT2D eigenvalue weighted by Crippen LogP contribution is -2.21. The maximum Gasteiger partial charge on any atom is 0.261 e. The van der Waals surface area contributed by atoms with Crippen molar-refractivity contribution >= 4 is 17.2 Å². The Morgan fingerprint density at radius 1 is 1.00 bits per heavy atom. The molecule has 3 rings (SSSR count). The van der Waals surface area contributed by atoms with Crippen LogP contribution in [0.4, 0.5) is 0 Å². The minimum Gasteiger partial charge on any atom is -0.347 e. The minimum atomic E-state index is -0.0706. The van der Waals surface area contributed by atoms with Crippen molar-refractivity contribution in [1.29, 1.82) is 5.26 Å². The first kappa shape index (κ1) is 15.0. The van der Waals surface area contributed by atoms with Crippen LogP contribution in [0.15, 0.2) is 66.7 Å². The Hall–Kier alpha value is -2.90. The summed E-state index contributed by atoms with van der Waals surface area (Å²) in [5.74, 6) is -0.0706. The van der Waals surface area contributed by atoms with E-state index in [1.807, 2.05) is 54.6 Å². The van der Waals surface area contributed by atoms with Crippen molar-refractivity contribution in [2.45, 2.75) is 6.54 Å². The number of nitrogens with one attached hydrogen (secondary N) is 1. The fourth-order valence-electron chi connectivity index (χ4n) is 2.19. The van der Waals surface area contributed by atoms with Gasteiger partial charge in [-0.3, -0.25) is 4.79 Å². The maximum absolute atomic E-state index is 12.2. The smallest absolute Gasteiger partial charge is 0.261 e. The first-order valence-corrected chi connectivity index (χ1v) is 8.00. The van der Waals surface area contributed by atoms with Crippen molar-refractivity contribution in [3.8, 4) is 16.5 Å². The lowest BCUT2D eigenvalue weighted by molar-refractivity contribution is 0.0955. The lowest BCUT2D eigenvalue weighted by atomic mass is 10.1. The summed E-state index contributed by atoms with van der Waals surface area (Å²) in [7, 11) is 0. The van der Waals surface area contributed by atoms with E-state index in [9.17, 15) is 4.79 Å². The van der Waals surface area contributed by atoms with Crippen LogP contribution < -0.4 is 5.32 Å². The summed E-state index contributed by atoms with van der Waals surface area (Å²) in [6, 6.07) is 23.1. The van der Waals surface area contributed by atoms with E-state index >= 15 is 0 Å². The average molecular weight is 318 g/mol. The number of carbonyl (C=O) groups excluding carboxylic acids is 1. The molecule has 0 saturated heterocycles. The molecule has 3 aromatic rings. The molecule has 0 unspecified atom stereocenters. The van der Waals surface area contributed by atoms with Crippen LogP contribution in [-0.4, -0.2) is 5.91 Å². The normalized spacial score (nSPS) is 10.0. The van der Waals surface area contributed by atoms with Crippen molar-refractivity contribution < 1.29 is 4.79 Å². The molecule has 3 nitrogen and oxygen atoms in total. The fraction of sp³-hybridized carbons (Fsp3) is 0.0526. The molecule has 0 aliphatic carbocycles. The van der Waals surface area contributed by atoms with Gasteiger partial charge in [0.2, 0.25) is 0 Å². The number of thiophene rings is 1. The van der Waals surface area contributed by atoms with Crippen LogP contribution in [0.3, 0.4) is 0 Å². The Labute approximate surface area is 138 Å². The second-order valence-electron chi connectivity index (χ2n) is 5.02. The summed E-state index contributed by atoms with van der Waals surface area (Å²) in [5, 5.41) is 11.8. The van der Waals surface area contributed by atoms with Gasteiger partial charge >= 0.3 is 0 Å². The second-order valence-corrected chi connectivity index (χ2v) is 6.11. The molecule has 112 valence electrons. The number of rotatable bonds is 4. The van der Waals surface area contributed by atoms with E-state index in [0.29, 0.717) is 17.0 Å². The van der Waals surface area contributed by atoms with E-state index in [2.05, 4.69) is 11.4 Å². The summed E-state index contributed by atoms with van der Waals surface area (Å²) in [5.41, 5.74) is 2.71. The SMILES string of the molecule is N#Cc1ccc(-c2ccc(C(=O)NCc3ccccc3)s2)cc1.